The van der Waals surface area contributed by atoms with Crippen molar-refractivity contribution in [3.05, 3.63) is 54.1 Å². The van der Waals surface area contributed by atoms with Crippen molar-refractivity contribution in [2.45, 2.75) is 26.4 Å². The van der Waals surface area contributed by atoms with Crippen molar-refractivity contribution >= 4 is 33.8 Å². The average molecular weight is 322 g/mol. The van der Waals surface area contributed by atoms with E-state index in [0.717, 1.165) is 12.1 Å². The lowest BCUT2D eigenvalue weighted by atomic mass is 10.1. The van der Waals surface area contributed by atoms with Gasteiger partial charge in [-0.15, -0.1) is 0 Å². The quantitative estimate of drug-likeness (QED) is 0.708. The number of aliphatic hydroxyl groups excluding tert-OH is 1. The first kappa shape index (κ1) is 16.3. The molecule has 1 unspecified atom stereocenters. The third-order valence-corrected chi connectivity index (χ3v) is 4.20. The van der Waals surface area contributed by atoms with Crippen LogP contribution in [0.25, 0.3) is 27.9 Å². The molecule has 0 aliphatic heterocycles. The van der Waals surface area contributed by atoms with Crippen molar-refractivity contribution in [3.63, 3.8) is 0 Å². The number of aromatic nitrogens is 1. The van der Waals surface area contributed by atoms with E-state index in [0.29, 0.717) is 0 Å². The molecule has 4 heteroatoms. The number of aryl methyl sites for hydroxylation is 1. The Morgan fingerprint density at radius 3 is 2.71 bits per heavy atom. The summed E-state index contributed by atoms with van der Waals surface area (Å²) in [5, 5.41) is 14.1. The van der Waals surface area contributed by atoms with Crippen molar-refractivity contribution in [1.29, 1.82) is 0 Å². The minimum atomic E-state index is -0.243. The van der Waals surface area contributed by atoms with Gasteiger partial charge in [0.15, 0.2) is 0 Å². The third kappa shape index (κ3) is 3.05. The monoisotopic (exact) mass is 322 g/mol. The Bertz CT molecular complexity index is 909. The molecule has 24 heavy (non-hydrogen) atoms. The van der Waals surface area contributed by atoms with Crippen LogP contribution in [-0.4, -0.2) is 28.2 Å². The Labute approximate surface area is 141 Å². The summed E-state index contributed by atoms with van der Waals surface area (Å²) < 4.78 is 2.30. The molecule has 0 saturated carbocycles. The number of rotatable bonds is 5. The molecule has 0 aliphatic rings. The summed E-state index contributed by atoms with van der Waals surface area (Å²) in [6, 6.07) is 14.4. The van der Waals surface area contributed by atoms with Crippen LogP contribution in [0, 0.1) is 0 Å². The van der Waals surface area contributed by atoms with E-state index < -0.39 is 0 Å². The van der Waals surface area contributed by atoms with E-state index in [1.807, 2.05) is 12.1 Å². The number of amides is 1. The molecule has 2 N–H and O–H groups in total. The number of fused-ring (bicyclic) bond motifs is 3. The van der Waals surface area contributed by atoms with E-state index in [9.17, 15) is 4.79 Å². The maximum atomic E-state index is 11.8. The Morgan fingerprint density at radius 2 is 1.96 bits per heavy atom. The van der Waals surface area contributed by atoms with Crippen molar-refractivity contribution in [1.82, 2.24) is 9.88 Å². The Morgan fingerprint density at radius 1 is 1.21 bits per heavy atom. The molecule has 1 heterocycles. The van der Waals surface area contributed by atoms with Gasteiger partial charge in [0, 0.05) is 40.5 Å². The second-order valence-electron chi connectivity index (χ2n) is 5.96. The molecular formula is C20H22N2O2. The Balaban J connectivity index is 1.97. The van der Waals surface area contributed by atoms with Gasteiger partial charge >= 0.3 is 0 Å². The molecule has 0 spiro atoms. The number of para-hydroxylation sites is 1. The summed E-state index contributed by atoms with van der Waals surface area (Å²) in [6.45, 7) is 4.76. The van der Waals surface area contributed by atoms with Gasteiger partial charge in [-0.2, -0.15) is 0 Å². The zero-order valence-electron chi connectivity index (χ0n) is 14.0. The molecule has 0 radical (unpaired) electrons. The van der Waals surface area contributed by atoms with Gasteiger partial charge < -0.3 is 15.0 Å². The lowest BCUT2D eigenvalue weighted by molar-refractivity contribution is -0.117. The first-order valence-electron chi connectivity index (χ1n) is 8.24. The molecule has 3 aromatic rings. The van der Waals surface area contributed by atoms with Crippen LogP contribution in [0.4, 0.5) is 0 Å². The highest BCUT2D eigenvalue weighted by Crippen LogP contribution is 2.29. The lowest BCUT2D eigenvalue weighted by Crippen LogP contribution is -2.33. The van der Waals surface area contributed by atoms with Crippen molar-refractivity contribution in [2.24, 2.45) is 0 Å². The number of carbonyl (C=O) groups is 1. The van der Waals surface area contributed by atoms with Gasteiger partial charge in [-0.25, -0.2) is 0 Å². The Kier molecular flexibility index (Phi) is 4.67. The standard InChI is InChI=1S/C20H22N2O2/c1-3-22-18-7-5-4-6-16(18)17-12-15(8-10-19(17)22)9-11-20(24)21-14(2)13-23/h4-12,14,23H,3,13H2,1-2H3,(H,21,24)/b11-9+. The number of nitrogens with one attached hydrogen (secondary N) is 1. The van der Waals surface area contributed by atoms with Crippen LogP contribution in [0.5, 0.6) is 0 Å². The predicted molar refractivity (Wildman–Crippen MR) is 98.8 cm³/mol. The maximum Gasteiger partial charge on any atom is 0.244 e. The summed E-state index contributed by atoms with van der Waals surface area (Å²) in [5.41, 5.74) is 3.41. The zero-order valence-corrected chi connectivity index (χ0v) is 14.0. The van der Waals surface area contributed by atoms with Gasteiger partial charge in [0.2, 0.25) is 5.91 Å². The molecule has 1 atom stereocenters. The van der Waals surface area contributed by atoms with Crippen LogP contribution in [-0.2, 0) is 11.3 Å². The molecule has 0 bridgehead atoms. The second kappa shape index (κ2) is 6.89. The van der Waals surface area contributed by atoms with Crippen molar-refractivity contribution < 1.29 is 9.90 Å². The number of hydrogen-bond donors (Lipinski definition) is 2. The predicted octanol–water partition coefficient (Wildman–Crippen LogP) is 3.32. The summed E-state index contributed by atoms with van der Waals surface area (Å²) in [4.78, 5) is 11.8. The lowest BCUT2D eigenvalue weighted by Gasteiger charge is -2.07. The summed E-state index contributed by atoms with van der Waals surface area (Å²) in [6.07, 6.45) is 3.31. The minimum absolute atomic E-state index is 0.0674. The van der Waals surface area contributed by atoms with Gasteiger partial charge in [0.25, 0.3) is 0 Å². The highest BCUT2D eigenvalue weighted by Gasteiger charge is 2.09. The molecular weight excluding hydrogens is 300 g/mol. The van der Waals surface area contributed by atoms with Crippen LogP contribution >= 0.6 is 0 Å². The number of aliphatic hydroxyl groups is 1. The number of nitrogens with zero attached hydrogens (tertiary/aromatic N) is 1. The highest BCUT2D eigenvalue weighted by atomic mass is 16.3. The molecule has 1 aromatic heterocycles. The zero-order chi connectivity index (χ0) is 17.1. The summed E-state index contributed by atoms with van der Waals surface area (Å²) in [7, 11) is 0. The van der Waals surface area contributed by atoms with Gasteiger partial charge in [-0.05, 0) is 43.7 Å². The average Bonchev–Trinajstić information content (AvgIpc) is 2.93. The minimum Gasteiger partial charge on any atom is -0.394 e. The van der Waals surface area contributed by atoms with E-state index in [1.165, 1.54) is 27.9 Å². The largest absolute Gasteiger partial charge is 0.394 e. The maximum absolute atomic E-state index is 11.8. The molecule has 124 valence electrons. The number of hydrogen-bond acceptors (Lipinski definition) is 2. The normalized spacial score (nSPS) is 13.0. The molecule has 2 aromatic carbocycles. The Hall–Kier alpha value is -2.59. The summed E-state index contributed by atoms with van der Waals surface area (Å²) >= 11 is 0. The molecule has 0 fully saturated rings. The van der Waals surface area contributed by atoms with E-state index in [2.05, 4.69) is 47.1 Å². The second-order valence-corrected chi connectivity index (χ2v) is 5.96. The number of benzene rings is 2. The van der Waals surface area contributed by atoms with E-state index in [4.69, 9.17) is 5.11 Å². The fourth-order valence-corrected chi connectivity index (χ4v) is 3.02. The van der Waals surface area contributed by atoms with Crippen LogP contribution in [0.2, 0.25) is 0 Å². The van der Waals surface area contributed by atoms with E-state index in [1.54, 1.807) is 13.0 Å². The van der Waals surface area contributed by atoms with Gasteiger partial charge in [-0.1, -0.05) is 24.3 Å². The van der Waals surface area contributed by atoms with Crippen LogP contribution in [0.1, 0.15) is 19.4 Å². The first-order chi connectivity index (χ1) is 11.6. The van der Waals surface area contributed by atoms with Crippen LogP contribution in [0.15, 0.2) is 48.5 Å². The molecule has 1 amide bonds. The van der Waals surface area contributed by atoms with Crippen LogP contribution in [0.3, 0.4) is 0 Å². The fraction of sp³-hybridized carbons (Fsp3) is 0.250. The van der Waals surface area contributed by atoms with Gasteiger partial charge in [0.1, 0.15) is 0 Å². The third-order valence-electron chi connectivity index (χ3n) is 4.20. The molecule has 3 rings (SSSR count). The highest BCUT2D eigenvalue weighted by molar-refractivity contribution is 6.08. The molecule has 0 aliphatic carbocycles. The summed E-state index contributed by atoms with van der Waals surface area (Å²) in [5.74, 6) is -0.201. The van der Waals surface area contributed by atoms with Gasteiger partial charge in [-0.3, -0.25) is 4.79 Å². The van der Waals surface area contributed by atoms with Crippen LogP contribution < -0.4 is 5.32 Å². The number of carbonyl (C=O) groups excluding carboxylic acids is 1. The fourth-order valence-electron chi connectivity index (χ4n) is 3.02. The van der Waals surface area contributed by atoms with Crippen molar-refractivity contribution in [2.75, 3.05) is 6.61 Å². The van der Waals surface area contributed by atoms with Crippen molar-refractivity contribution in [3.8, 4) is 0 Å². The molecule has 4 nitrogen and oxygen atoms in total. The SMILES string of the molecule is CCn1c2ccccc2c2cc(/C=C/C(=O)NC(C)CO)ccc21. The van der Waals surface area contributed by atoms with E-state index in [-0.39, 0.29) is 18.6 Å². The smallest absolute Gasteiger partial charge is 0.244 e. The van der Waals surface area contributed by atoms with Gasteiger partial charge in [0.05, 0.1) is 6.61 Å². The topological polar surface area (TPSA) is 54.3 Å². The first-order valence-corrected chi connectivity index (χ1v) is 8.24. The van der Waals surface area contributed by atoms with E-state index >= 15 is 0 Å². The molecule has 0 saturated heterocycles.